The summed E-state index contributed by atoms with van der Waals surface area (Å²) in [4.78, 5) is 18.8. The van der Waals surface area contributed by atoms with E-state index in [0.717, 1.165) is 18.8 Å². The molecule has 1 fully saturated rings. The molecule has 1 aliphatic heterocycles. The molecule has 7 nitrogen and oxygen atoms in total. The van der Waals surface area contributed by atoms with Gasteiger partial charge in [0, 0.05) is 43.9 Å². The standard InChI is InChI=1S/C14H16ClN5O2/c1-17-10-16-13(20(21)22)14(17)19-7-5-18(6-8-19)12-4-2-3-11(15)9-12/h2-4,9-10H,5-8H2,1H3. The van der Waals surface area contributed by atoms with Gasteiger partial charge in [-0.1, -0.05) is 17.7 Å². The topological polar surface area (TPSA) is 67.4 Å². The summed E-state index contributed by atoms with van der Waals surface area (Å²) >= 11 is 6.03. The molecule has 0 aliphatic carbocycles. The molecule has 0 bridgehead atoms. The zero-order valence-electron chi connectivity index (χ0n) is 12.1. The van der Waals surface area contributed by atoms with E-state index in [-0.39, 0.29) is 5.82 Å². The van der Waals surface area contributed by atoms with Gasteiger partial charge in [-0.2, -0.15) is 0 Å². The molecule has 1 saturated heterocycles. The van der Waals surface area contributed by atoms with Crippen molar-refractivity contribution >= 4 is 28.9 Å². The number of rotatable bonds is 3. The Labute approximate surface area is 132 Å². The summed E-state index contributed by atoms with van der Waals surface area (Å²) in [5, 5.41) is 11.8. The van der Waals surface area contributed by atoms with E-state index in [2.05, 4.69) is 9.88 Å². The molecule has 0 radical (unpaired) electrons. The van der Waals surface area contributed by atoms with Gasteiger partial charge < -0.3 is 19.9 Å². The molecular formula is C14H16ClN5O2. The Hall–Kier alpha value is -2.28. The van der Waals surface area contributed by atoms with E-state index in [9.17, 15) is 10.1 Å². The lowest BCUT2D eigenvalue weighted by atomic mass is 10.2. The van der Waals surface area contributed by atoms with Crippen molar-refractivity contribution < 1.29 is 4.92 Å². The highest BCUT2D eigenvalue weighted by molar-refractivity contribution is 6.30. The lowest BCUT2D eigenvalue weighted by Gasteiger charge is -2.36. The minimum absolute atomic E-state index is 0.0845. The average molecular weight is 322 g/mol. The average Bonchev–Trinajstić information content (AvgIpc) is 2.89. The largest absolute Gasteiger partial charge is 0.406 e. The van der Waals surface area contributed by atoms with Crippen molar-refractivity contribution in [2.24, 2.45) is 7.05 Å². The van der Waals surface area contributed by atoms with E-state index in [1.807, 2.05) is 29.2 Å². The molecule has 8 heteroatoms. The first-order valence-corrected chi connectivity index (χ1v) is 7.35. The van der Waals surface area contributed by atoms with Crippen LogP contribution in [0.15, 0.2) is 30.6 Å². The van der Waals surface area contributed by atoms with Crippen LogP contribution in [0.4, 0.5) is 17.3 Å². The quantitative estimate of drug-likeness (QED) is 0.641. The maximum Gasteiger partial charge on any atom is 0.406 e. The highest BCUT2D eigenvalue weighted by Crippen LogP contribution is 2.28. The van der Waals surface area contributed by atoms with Crippen LogP contribution in [0.5, 0.6) is 0 Å². The Kier molecular flexibility index (Phi) is 3.89. The van der Waals surface area contributed by atoms with E-state index < -0.39 is 4.92 Å². The lowest BCUT2D eigenvalue weighted by Crippen LogP contribution is -2.47. The molecular weight excluding hydrogens is 306 g/mol. The number of hydrogen-bond donors (Lipinski definition) is 0. The van der Waals surface area contributed by atoms with Gasteiger partial charge in [-0.25, -0.2) is 0 Å². The van der Waals surface area contributed by atoms with E-state index in [0.29, 0.717) is 23.9 Å². The van der Waals surface area contributed by atoms with E-state index in [4.69, 9.17) is 11.6 Å². The Morgan fingerprint density at radius 3 is 2.55 bits per heavy atom. The van der Waals surface area contributed by atoms with Crippen LogP contribution in [0.3, 0.4) is 0 Å². The maximum atomic E-state index is 11.1. The molecule has 0 amide bonds. The fourth-order valence-electron chi connectivity index (χ4n) is 2.75. The highest BCUT2D eigenvalue weighted by atomic mass is 35.5. The summed E-state index contributed by atoms with van der Waals surface area (Å²) in [5.41, 5.74) is 1.08. The SMILES string of the molecule is Cn1cnc([N+](=O)[O-])c1N1CCN(c2cccc(Cl)c2)CC1. The summed E-state index contributed by atoms with van der Waals surface area (Å²) in [6.07, 6.45) is 1.48. The smallest absolute Gasteiger partial charge is 0.368 e. The molecule has 1 aromatic heterocycles. The predicted molar refractivity (Wildman–Crippen MR) is 85.7 cm³/mol. The van der Waals surface area contributed by atoms with Crippen LogP contribution < -0.4 is 9.80 Å². The Balaban J connectivity index is 1.75. The van der Waals surface area contributed by atoms with Gasteiger partial charge in [-0.05, 0) is 28.1 Å². The van der Waals surface area contributed by atoms with E-state index in [1.165, 1.54) is 6.33 Å². The minimum atomic E-state index is -0.432. The van der Waals surface area contributed by atoms with Crippen molar-refractivity contribution in [3.8, 4) is 0 Å². The molecule has 1 aromatic carbocycles. The summed E-state index contributed by atoms with van der Waals surface area (Å²) in [5.74, 6) is 0.481. The van der Waals surface area contributed by atoms with Gasteiger partial charge in [-0.3, -0.25) is 4.57 Å². The van der Waals surface area contributed by atoms with Crippen LogP contribution >= 0.6 is 11.6 Å². The van der Waals surface area contributed by atoms with Crippen LogP contribution in [0.25, 0.3) is 0 Å². The van der Waals surface area contributed by atoms with Crippen molar-refractivity contribution in [3.05, 3.63) is 45.7 Å². The molecule has 0 atom stereocenters. The molecule has 0 spiro atoms. The van der Waals surface area contributed by atoms with Crippen LogP contribution in [0.2, 0.25) is 5.02 Å². The Morgan fingerprint density at radius 2 is 1.91 bits per heavy atom. The van der Waals surface area contributed by atoms with Crippen molar-refractivity contribution in [2.45, 2.75) is 0 Å². The number of nitro groups is 1. The molecule has 3 rings (SSSR count). The number of aromatic nitrogens is 2. The van der Waals surface area contributed by atoms with Gasteiger partial charge >= 0.3 is 5.82 Å². The first kappa shape index (κ1) is 14.6. The van der Waals surface area contributed by atoms with Gasteiger partial charge in [0.2, 0.25) is 12.1 Å². The monoisotopic (exact) mass is 321 g/mol. The molecule has 22 heavy (non-hydrogen) atoms. The summed E-state index contributed by atoms with van der Waals surface area (Å²) < 4.78 is 1.70. The summed E-state index contributed by atoms with van der Waals surface area (Å²) in [6.45, 7) is 2.96. The molecule has 0 N–H and O–H groups in total. The van der Waals surface area contributed by atoms with Crippen molar-refractivity contribution in [2.75, 3.05) is 36.0 Å². The molecule has 2 heterocycles. The highest BCUT2D eigenvalue weighted by Gasteiger charge is 2.28. The maximum absolute atomic E-state index is 11.1. The molecule has 2 aromatic rings. The Morgan fingerprint density at radius 1 is 1.23 bits per heavy atom. The Bertz CT molecular complexity index is 694. The first-order chi connectivity index (χ1) is 10.6. The lowest BCUT2D eigenvalue weighted by molar-refractivity contribution is -0.388. The third kappa shape index (κ3) is 2.71. The number of imidazole rings is 1. The summed E-state index contributed by atoms with van der Waals surface area (Å²) in [7, 11) is 1.78. The van der Waals surface area contributed by atoms with Crippen molar-refractivity contribution in [3.63, 3.8) is 0 Å². The second kappa shape index (κ2) is 5.84. The van der Waals surface area contributed by atoms with Gasteiger partial charge in [0.15, 0.2) is 0 Å². The molecule has 116 valence electrons. The number of halogens is 1. The number of piperazine rings is 1. The normalized spacial score (nSPS) is 15.2. The third-order valence-corrected chi connectivity index (χ3v) is 4.05. The number of aryl methyl sites for hydroxylation is 1. The number of anilines is 2. The van der Waals surface area contributed by atoms with Crippen LogP contribution in [0, 0.1) is 10.1 Å². The van der Waals surface area contributed by atoms with Gasteiger partial charge in [0.1, 0.15) is 0 Å². The van der Waals surface area contributed by atoms with Crippen LogP contribution in [-0.2, 0) is 7.05 Å². The van der Waals surface area contributed by atoms with Crippen molar-refractivity contribution in [1.29, 1.82) is 0 Å². The van der Waals surface area contributed by atoms with Crippen molar-refractivity contribution in [1.82, 2.24) is 9.55 Å². The van der Waals surface area contributed by atoms with Gasteiger partial charge in [0.05, 0.1) is 0 Å². The fourth-order valence-corrected chi connectivity index (χ4v) is 2.94. The number of benzene rings is 1. The molecule has 0 saturated carbocycles. The van der Waals surface area contributed by atoms with E-state index in [1.54, 1.807) is 11.6 Å². The first-order valence-electron chi connectivity index (χ1n) is 6.97. The summed E-state index contributed by atoms with van der Waals surface area (Å²) in [6, 6.07) is 7.73. The molecule has 1 aliphatic rings. The van der Waals surface area contributed by atoms with Gasteiger partial charge in [0.25, 0.3) is 0 Å². The van der Waals surface area contributed by atoms with E-state index >= 15 is 0 Å². The molecule has 0 unspecified atom stereocenters. The zero-order chi connectivity index (χ0) is 15.7. The second-order valence-corrected chi connectivity index (χ2v) is 5.65. The second-order valence-electron chi connectivity index (χ2n) is 5.21. The number of hydrogen-bond acceptors (Lipinski definition) is 5. The predicted octanol–water partition coefficient (Wildman–Crippen LogP) is 2.31. The van der Waals surface area contributed by atoms with Crippen LogP contribution in [0.1, 0.15) is 0 Å². The minimum Gasteiger partial charge on any atom is -0.368 e. The fraction of sp³-hybridized carbons (Fsp3) is 0.357. The zero-order valence-corrected chi connectivity index (χ0v) is 12.9. The van der Waals surface area contributed by atoms with Gasteiger partial charge in [-0.15, -0.1) is 0 Å². The van der Waals surface area contributed by atoms with Crippen LogP contribution in [-0.4, -0.2) is 40.7 Å². The third-order valence-electron chi connectivity index (χ3n) is 3.81. The number of nitrogens with zero attached hydrogens (tertiary/aromatic N) is 5.